The van der Waals surface area contributed by atoms with Gasteiger partial charge in [-0.2, -0.15) is 5.10 Å². The van der Waals surface area contributed by atoms with Gasteiger partial charge in [0, 0.05) is 31.0 Å². The van der Waals surface area contributed by atoms with E-state index in [2.05, 4.69) is 10.1 Å². The first-order valence-corrected chi connectivity index (χ1v) is 9.63. The number of nitrogens with zero attached hydrogens (tertiary/aromatic N) is 3. The third-order valence-electron chi connectivity index (χ3n) is 5.33. The molecule has 0 bridgehead atoms. The highest BCUT2D eigenvalue weighted by atomic mass is 16.2. The normalized spacial score (nSPS) is 13.2. The number of H-pyrrole nitrogens is 1. The molecule has 0 saturated heterocycles. The fourth-order valence-corrected chi connectivity index (χ4v) is 3.78. The van der Waals surface area contributed by atoms with Crippen LogP contribution in [0.15, 0.2) is 47.5 Å². The van der Waals surface area contributed by atoms with Crippen LogP contribution in [-0.4, -0.2) is 32.6 Å². The maximum Gasteiger partial charge on any atom is 0.261 e. The molecule has 0 radical (unpaired) electrons. The van der Waals surface area contributed by atoms with Gasteiger partial charge in [0.25, 0.3) is 11.5 Å². The Kier molecular flexibility index (Phi) is 4.86. The smallest absolute Gasteiger partial charge is 0.261 e. The van der Waals surface area contributed by atoms with Gasteiger partial charge in [-0.25, -0.2) is 4.68 Å². The van der Waals surface area contributed by atoms with Crippen molar-refractivity contribution in [3.63, 3.8) is 0 Å². The second-order valence-electron chi connectivity index (χ2n) is 7.46. The second kappa shape index (κ2) is 7.46. The Labute approximate surface area is 163 Å². The lowest BCUT2D eigenvalue weighted by molar-refractivity contribution is 0.0783. The maximum absolute atomic E-state index is 12.9. The van der Waals surface area contributed by atoms with Crippen LogP contribution in [0.3, 0.4) is 0 Å². The lowest BCUT2D eigenvalue weighted by Crippen LogP contribution is -2.32. The molecule has 1 aliphatic rings. The van der Waals surface area contributed by atoms with Crippen LogP contribution in [0.5, 0.6) is 0 Å². The molecular weight excluding hydrogens is 352 g/mol. The minimum absolute atomic E-state index is 0.217. The van der Waals surface area contributed by atoms with Crippen molar-refractivity contribution in [2.24, 2.45) is 0 Å². The average molecular weight is 376 g/mol. The Bertz CT molecular complexity index is 1080. The van der Waals surface area contributed by atoms with E-state index in [-0.39, 0.29) is 17.0 Å². The van der Waals surface area contributed by atoms with Crippen molar-refractivity contribution in [3.8, 4) is 5.69 Å². The molecule has 0 unspecified atom stereocenters. The number of hydrogen-bond donors (Lipinski definition) is 1. The summed E-state index contributed by atoms with van der Waals surface area (Å²) < 4.78 is 1.81. The summed E-state index contributed by atoms with van der Waals surface area (Å²) in [6.45, 7) is 2.43. The molecular formula is C22H24N4O2. The minimum atomic E-state index is -0.298. The van der Waals surface area contributed by atoms with Gasteiger partial charge in [-0.3, -0.25) is 9.59 Å². The van der Waals surface area contributed by atoms with Crippen molar-refractivity contribution >= 4 is 5.91 Å². The summed E-state index contributed by atoms with van der Waals surface area (Å²) in [7, 11) is 1.71. The monoisotopic (exact) mass is 376 g/mol. The number of fused-ring (bicyclic) bond motifs is 1. The molecule has 3 aromatic rings. The largest absolute Gasteiger partial charge is 0.337 e. The number of aromatic amines is 1. The van der Waals surface area contributed by atoms with Crippen LogP contribution in [0.25, 0.3) is 5.69 Å². The molecule has 28 heavy (non-hydrogen) atoms. The summed E-state index contributed by atoms with van der Waals surface area (Å²) in [6, 6.07) is 9.79. The van der Waals surface area contributed by atoms with Crippen molar-refractivity contribution in [1.82, 2.24) is 19.7 Å². The first-order valence-electron chi connectivity index (χ1n) is 9.63. The van der Waals surface area contributed by atoms with Crippen molar-refractivity contribution < 1.29 is 4.79 Å². The van der Waals surface area contributed by atoms with Gasteiger partial charge in [0.15, 0.2) is 0 Å². The van der Waals surface area contributed by atoms with Crippen molar-refractivity contribution in [1.29, 1.82) is 0 Å². The van der Waals surface area contributed by atoms with E-state index in [9.17, 15) is 9.59 Å². The molecule has 0 aliphatic heterocycles. The van der Waals surface area contributed by atoms with Gasteiger partial charge in [0.2, 0.25) is 0 Å². The number of rotatable bonds is 4. The van der Waals surface area contributed by atoms with Gasteiger partial charge in [0.05, 0.1) is 11.9 Å². The molecule has 1 amide bonds. The number of benzene rings is 1. The van der Waals surface area contributed by atoms with E-state index in [0.717, 1.165) is 53.8 Å². The fourth-order valence-electron chi connectivity index (χ4n) is 3.78. The Morgan fingerprint density at radius 2 is 2.04 bits per heavy atom. The number of para-hydroxylation sites is 1. The molecule has 1 aromatic carbocycles. The van der Waals surface area contributed by atoms with Gasteiger partial charge >= 0.3 is 0 Å². The van der Waals surface area contributed by atoms with E-state index in [1.165, 1.54) is 0 Å². The molecule has 0 saturated carbocycles. The van der Waals surface area contributed by atoms with Crippen molar-refractivity contribution in [2.45, 2.75) is 39.2 Å². The lowest BCUT2D eigenvalue weighted by Gasteiger charge is -2.19. The molecule has 1 N–H and O–H groups in total. The Morgan fingerprint density at radius 3 is 2.86 bits per heavy atom. The van der Waals surface area contributed by atoms with Gasteiger partial charge < -0.3 is 9.88 Å². The number of hydrogen-bond acceptors (Lipinski definition) is 3. The predicted octanol–water partition coefficient (Wildman–Crippen LogP) is 3.02. The number of pyridine rings is 1. The van der Waals surface area contributed by atoms with Crippen LogP contribution in [0, 0.1) is 6.92 Å². The van der Waals surface area contributed by atoms with Crippen molar-refractivity contribution in [2.75, 3.05) is 7.05 Å². The molecule has 1 aliphatic carbocycles. The summed E-state index contributed by atoms with van der Waals surface area (Å²) in [5.41, 5.74) is 5.04. The van der Waals surface area contributed by atoms with Crippen LogP contribution in [-0.2, 0) is 19.4 Å². The summed E-state index contributed by atoms with van der Waals surface area (Å²) in [4.78, 5) is 29.7. The van der Waals surface area contributed by atoms with Gasteiger partial charge in [-0.15, -0.1) is 0 Å². The highest BCUT2D eigenvalue weighted by Gasteiger charge is 2.20. The molecule has 144 valence electrons. The summed E-state index contributed by atoms with van der Waals surface area (Å²) >= 11 is 0. The lowest BCUT2D eigenvalue weighted by atomic mass is 9.95. The van der Waals surface area contributed by atoms with E-state index in [1.54, 1.807) is 24.2 Å². The SMILES string of the molecule is Cc1ccccc1-n1cc(CN(C)C(=O)c2cc3c([nH]c2=O)CCCC3)cn1. The molecule has 4 rings (SSSR count). The van der Waals surface area contributed by atoms with Crippen molar-refractivity contribution in [3.05, 3.63) is 81.0 Å². The van der Waals surface area contributed by atoms with Gasteiger partial charge in [-0.1, -0.05) is 18.2 Å². The molecule has 2 heterocycles. The fraction of sp³-hybridized carbons (Fsp3) is 0.318. The van der Waals surface area contributed by atoms with Crippen LogP contribution >= 0.6 is 0 Å². The number of amides is 1. The molecule has 0 fully saturated rings. The first kappa shape index (κ1) is 18.2. The zero-order valence-corrected chi connectivity index (χ0v) is 16.2. The number of nitrogens with one attached hydrogen (secondary N) is 1. The van der Waals surface area contributed by atoms with E-state index >= 15 is 0 Å². The van der Waals surface area contributed by atoms with Crippen LogP contribution in [0.2, 0.25) is 0 Å². The maximum atomic E-state index is 12.9. The van der Waals surface area contributed by atoms with Gasteiger partial charge in [0.1, 0.15) is 5.56 Å². The van der Waals surface area contributed by atoms with E-state index < -0.39 is 0 Å². The first-order chi connectivity index (χ1) is 13.5. The summed E-state index contributed by atoms with van der Waals surface area (Å²) in [6.07, 6.45) is 7.66. The molecule has 6 nitrogen and oxygen atoms in total. The quantitative estimate of drug-likeness (QED) is 0.761. The minimum Gasteiger partial charge on any atom is -0.337 e. The number of aromatic nitrogens is 3. The average Bonchev–Trinajstić information content (AvgIpc) is 3.15. The van der Waals surface area contributed by atoms with Gasteiger partial charge in [-0.05, 0) is 55.9 Å². The third kappa shape index (κ3) is 3.50. The molecule has 2 aromatic heterocycles. The highest BCUT2D eigenvalue weighted by Crippen LogP contribution is 2.19. The summed E-state index contributed by atoms with van der Waals surface area (Å²) in [5, 5.41) is 4.42. The molecule has 0 spiro atoms. The third-order valence-corrected chi connectivity index (χ3v) is 5.33. The second-order valence-corrected chi connectivity index (χ2v) is 7.46. The van der Waals surface area contributed by atoms with Crippen LogP contribution in [0.4, 0.5) is 0 Å². The molecule has 6 heteroatoms. The standard InChI is InChI=1S/C22H24N4O2/c1-15-7-3-6-10-20(15)26-14-16(12-23-26)13-25(2)22(28)18-11-17-8-4-5-9-19(17)24-21(18)27/h3,6-7,10-12,14H,4-5,8-9,13H2,1-2H3,(H,24,27). The Balaban J connectivity index is 1.53. The van der Waals surface area contributed by atoms with Crippen LogP contribution < -0.4 is 5.56 Å². The summed E-state index contributed by atoms with van der Waals surface area (Å²) in [5.74, 6) is -0.265. The Morgan fingerprint density at radius 1 is 1.25 bits per heavy atom. The predicted molar refractivity (Wildman–Crippen MR) is 108 cm³/mol. The number of carbonyl (C=O) groups excluding carboxylic acids is 1. The topological polar surface area (TPSA) is 71.0 Å². The van der Waals surface area contributed by atoms with E-state index in [4.69, 9.17) is 0 Å². The number of carbonyl (C=O) groups is 1. The molecule has 0 atom stereocenters. The van der Waals surface area contributed by atoms with Crippen LogP contribution in [0.1, 0.15) is 45.6 Å². The highest BCUT2D eigenvalue weighted by molar-refractivity contribution is 5.93. The Hall–Kier alpha value is -3.15. The zero-order chi connectivity index (χ0) is 19.7. The van der Waals surface area contributed by atoms with E-state index in [1.807, 2.05) is 42.1 Å². The number of aryl methyl sites for hydroxylation is 3. The van der Waals surface area contributed by atoms with E-state index in [0.29, 0.717) is 6.54 Å². The zero-order valence-electron chi connectivity index (χ0n) is 16.2.